The molecule has 4 heteroatoms. The van der Waals surface area contributed by atoms with Gasteiger partial charge in [0.2, 0.25) is 0 Å². The van der Waals surface area contributed by atoms with E-state index in [1.165, 1.54) is 12.1 Å². The van der Waals surface area contributed by atoms with E-state index in [0.717, 1.165) is 26.0 Å². The van der Waals surface area contributed by atoms with Gasteiger partial charge in [0.05, 0.1) is 9.77 Å². The molecule has 23 heavy (non-hydrogen) atoms. The minimum Gasteiger partial charge on any atom is -0.289 e. The van der Waals surface area contributed by atoms with Gasteiger partial charge < -0.3 is 0 Å². The second-order valence-corrected chi connectivity index (χ2v) is 7.53. The highest BCUT2D eigenvalue weighted by molar-refractivity contribution is 8.01. The van der Waals surface area contributed by atoms with Gasteiger partial charge in [-0.05, 0) is 29.0 Å². The van der Waals surface area contributed by atoms with Gasteiger partial charge >= 0.3 is 0 Å². The summed E-state index contributed by atoms with van der Waals surface area (Å²) in [6.45, 7) is 2.06. The smallest absolute Gasteiger partial charge is 0.189 e. The maximum Gasteiger partial charge on any atom is 0.189 e. The van der Waals surface area contributed by atoms with Gasteiger partial charge in [0, 0.05) is 10.9 Å². The molecule has 1 heterocycles. The summed E-state index contributed by atoms with van der Waals surface area (Å²) in [7, 11) is 0. The minimum absolute atomic E-state index is 0.0230. The predicted molar refractivity (Wildman–Crippen MR) is 97.8 cm³/mol. The van der Waals surface area contributed by atoms with E-state index in [-0.39, 0.29) is 11.2 Å². The summed E-state index contributed by atoms with van der Waals surface area (Å²) < 4.78 is 14.1. The normalized spacial score (nSPS) is 10.7. The maximum absolute atomic E-state index is 13.2. The second kappa shape index (κ2) is 7.11. The molecule has 0 N–H and O–H groups in total. The van der Waals surface area contributed by atoms with Crippen molar-refractivity contribution in [2.75, 3.05) is 5.75 Å². The van der Waals surface area contributed by atoms with E-state index in [0.29, 0.717) is 5.56 Å². The molecule has 0 aliphatic carbocycles. The van der Waals surface area contributed by atoms with Crippen LogP contribution in [0, 0.1) is 5.82 Å². The summed E-state index contributed by atoms with van der Waals surface area (Å²) in [6, 6.07) is 17.7. The first-order valence-electron chi connectivity index (χ1n) is 7.31. The van der Waals surface area contributed by atoms with Crippen LogP contribution in [-0.2, 0) is 0 Å². The van der Waals surface area contributed by atoms with Crippen molar-refractivity contribution in [2.24, 2.45) is 0 Å². The molecular weight excluding hydrogens is 327 g/mol. The zero-order valence-electron chi connectivity index (χ0n) is 12.6. The molecule has 0 aliphatic heterocycles. The highest BCUT2D eigenvalue weighted by Crippen LogP contribution is 2.37. The van der Waals surface area contributed by atoms with Crippen molar-refractivity contribution in [2.45, 2.75) is 11.1 Å². The molecule has 0 saturated carbocycles. The molecule has 0 fully saturated rings. The maximum atomic E-state index is 13.2. The highest BCUT2D eigenvalue weighted by Gasteiger charge is 2.13. The average Bonchev–Trinajstić information content (AvgIpc) is 2.57. The van der Waals surface area contributed by atoms with E-state index in [2.05, 4.69) is 6.92 Å². The van der Waals surface area contributed by atoms with Gasteiger partial charge in [0.15, 0.2) is 5.43 Å². The Morgan fingerprint density at radius 3 is 2.35 bits per heavy atom. The molecule has 1 aromatic heterocycles. The molecule has 0 unspecified atom stereocenters. The van der Waals surface area contributed by atoms with Crippen LogP contribution < -0.4 is 5.43 Å². The fourth-order valence-corrected chi connectivity index (χ4v) is 4.75. The molecule has 0 radical (unpaired) electrons. The van der Waals surface area contributed by atoms with Crippen molar-refractivity contribution in [1.82, 2.24) is 0 Å². The zero-order valence-corrected chi connectivity index (χ0v) is 14.2. The summed E-state index contributed by atoms with van der Waals surface area (Å²) in [5, 5.41) is 0. The Labute approximate surface area is 142 Å². The van der Waals surface area contributed by atoms with E-state index in [9.17, 15) is 9.18 Å². The van der Waals surface area contributed by atoms with Crippen LogP contribution in [0.15, 0.2) is 69.7 Å². The molecular formula is C19H15FOS2. The van der Waals surface area contributed by atoms with E-state index >= 15 is 0 Å². The number of thioether (sulfide) groups is 1. The topological polar surface area (TPSA) is 17.1 Å². The predicted octanol–water partition coefficient (Wildman–Crippen LogP) is 5.69. The summed E-state index contributed by atoms with van der Waals surface area (Å²) >= 11 is 3.26. The van der Waals surface area contributed by atoms with Crippen molar-refractivity contribution in [1.29, 1.82) is 0 Å². The van der Waals surface area contributed by atoms with Gasteiger partial charge in [0.25, 0.3) is 0 Å². The first-order valence-corrected chi connectivity index (χ1v) is 9.11. The Kier molecular flexibility index (Phi) is 4.94. The van der Waals surface area contributed by atoms with Gasteiger partial charge in [-0.15, -0.1) is 23.1 Å². The van der Waals surface area contributed by atoms with Gasteiger partial charge in [-0.3, -0.25) is 4.79 Å². The number of halogens is 1. The Hall–Kier alpha value is -1.91. The summed E-state index contributed by atoms with van der Waals surface area (Å²) in [6.07, 6.45) is 0. The molecule has 3 rings (SSSR count). The van der Waals surface area contributed by atoms with E-state index in [1.54, 1.807) is 41.3 Å². The Bertz CT molecular complexity index is 855. The Morgan fingerprint density at radius 1 is 1.00 bits per heavy atom. The third-order valence-corrected chi connectivity index (χ3v) is 5.70. The van der Waals surface area contributed by atoms with Crippen LogP contribution in [0.4, 0.5) is 4.39 Å². The number of rotatable bonds is 4. The fraction of sp³-hybridized carbons (Fsp3) is 0.105. The summed E-state index contributed by atoms with van der Waals surface area (Å²) in [5.41, 5.74) is 2.45. The zero-order chi connectivity index (χ0) is 16.2. The molecule has 0 amide bonds. The molecule has 3 aromatic rings. The van der Waals surface area contributed by atoms with Gasteiger partial charge in [-0.2, -0.15) is 0 Å². The van der Waals surface area contributed by atoms with Crippen LogP contribution in [0.25, 0.3) is 21.6 Å². The van der Waals surface area contributed by atoms with Crippen LogP contribution in [0.3, 0.4) is 0 Å². The molecule has 0 atom stereocenters. The van der Waals surface area contributed by atoms with Crippen LogP contribution >= 0.6 is 23.1 Å². The Balaban J connectivity index is 2.17. The lowest BCUT2D eigenvalue weighted by Crippen LogP contribution is -2.04. The highest BCUT2D eigenvalue weighted by atomic mass is 32.2. The second-order valence-electron chi connectivity index (χ2n) is 4.94. The van der Waals surface area contributed by atoms with E-state index in [4.69, 9.17) is 0 Å². The number of hydrogen-bond donors (Lipinski definition) is 0. The molecule has 0 bridgehead atoms. The lowest BCUT2D eigenvalue weighted by atomic mass is 10.1. The van der Waals surface area contributed by atoms with Crippen molar-refractivity contribution >= 4 is 23.1 Å². The first-order chi connectivity index (χ1) is 11.2. The summed E-state index contributed by atoms with van der Waals surface area (Å²) in [4.78, 5) is 13.6. The molecule has 0 spiro atoms. The van der Waals surface area contributed by atoms with E-state index in [1.807, 2.05) is 30.3 Å². The lowest BCUT2D eigenvalue weighted by Gasteiger charge is -2.10. The quantitative estimate of drug-likeness (QED) is 0.566. The van der Waals surface area contributed by atoms with Gasteiger partial charge in [-0.1, -0.05) is 49.4 Å². The van der Waals surface area contributed by atoms with Crippen LogP contribution in [-0.4, -0.2) is 5.75 Å². The molecule has 116 valence electrons. The molecule has 0 aliphatic rings. The van der Waals surface area contributed by atoms with Crippen molar-refractivity contribution in [3.63, 3.8) is 0 Å². The molecule has 2 aromatic carbocycles. The minimum atomic E-state index is -0.296. The monoisotopic (exact) mass is 342 g/mol. The Morgan fingerprint density at radius 2 is 1.70 bits per heavy atom. The van der Waals surface area contributed by atoms with Gasteiger partial charge in [-0.25, -0.2) is 4.39 Å². The lowest BCUT2D eigenvalue weighted by molar-refractivity contribution is 0.628. The number of hydrogen-bond acceptors (Lipinski definition) is 3. The molecule has 1 nitrogen and oxygen atoms in total. The third kappa shape index (κ3) is 3.54. The van der Waals surface area contributed by atoms with E-state index < -0.39 is 0 Å². The van der Waals surface area contributed by atoms with Crippen LogP contribution in [0.2, 0.25) is 0 Å². The first kappa shape index (κ1) is 16.0. The van der Waals surface area contributed by atoms with Crippen LogP contribution in [0.5, 0.6) is 0 Å². The average molecular weight is 342 g/mol. The van der Waals surface area contributed by atoms with Crippen molar-refractivity contribution in [3.05, 3.63) is 76.7 Å². The standard InChI is InChI=1S/C19H15FOS2/c1-2-22-19-18(14-8-10-15(20)11-9-14)16(21)12-17(23-19)13-6-4-3-5-7-13/h3-12H,2H2,1H3. The third-order valence-electron chi connectivity index (χ3n) is 3.38. The SMILES string of the molecule is CCSc1sc(-c2ccccc2)cc(=O)c1-c1ccc(F)cc1. The fourth-order valence-electron chi connectivity index (χ4n) is 2.33. The van der Waals surface area contributed by atoms with Gasteiger partial charge in [0.1, 0.15) is 5.82 Å². The van der Waals surface area contributed by atoms with Crippen LogP contribution in [0.1, 0.15) is 6.92 Å². The van der Waals surface area contributed by atoms with Crippen molar-refractivity contribution < 1.29 is 4.39 Å². The number of benzene rings is 2. The molecule has 0 saturated heterocycles. The van der Waals surface area contributed by atoms with Crippen molar-refractivity contribution in [3.8, 4) is 21.6 Å². The summed E-state index contributed by atoms with van der Waals surface area (Å²) in [5.74, 6) is 0.582. The largest absolute Gasteiger partial charge is 0.289 e.